The number of anilines is 1. The molecule has 0 aromatic carbocycles. The molecule has 1 N–H and O–H groups in total. The molecular weight excluding hydrogens is 224 g/mol. The number of rotatable bonds is 3. The predicted octanol–water partition coefficient (Wildman–Crippen LogP) is 2.58. The maximum absolute atomic E-state index is 9.15. The van der Waals surface area contributed by atoms with Gasteiger partial charge in [-0.2, -0.15) is 5.26 Å². The molecule has 90 valence electrons. The van der Waals surface area contributed by atoms with E-state index < -0.39 is 0 Å². The topological polar surface area (TPSA) is 61.6 Å². The first-order valence-corrected chi connectivity index (χ1v) is 5.72. The summed E-state index contributed by atoms with van der Waals surface area (Å²) in [6.45, 7) is 4.48. The van der Waals surface area contributed by atoms with Gasteiger partial charge in [0, 0.05) is 24.6 Å². The summed E-state index contributed by atoms with van der Waals surface area (Å²) in [5.41, 5.74) is 3.57. The van der Waals surface area contributed by atoms with Crippen LogP contribution in [-0.2, 0) is 6.54 Å². The minimum Gasteiger partial charge on any atom is -0.365 e. The second-order valence-electron chi connectivity index (χ2n) is 4.12. The van der Waals surface area contributed by atoms with E-state index in [1.807, 2.05) is 32.0 Å². The van der Waals surface area contributed by atoms with Gasteiger partial charge in [0.1, 0.15) is 11.9 Å². The first kappa shape index (κ1) is 12.1. The monoisotopic (exact) mass is 238 g/mol. The highest BCUT2D eigenvalue weighted by atomic mass is 15.0. The van der Waals surface area contributed by atoms with Crippen molar-refractivity contribution in [2.45, 2.75) is 20.4 Å². The summed E-state index contributed by atoms with van der Waals surface area (Å²) in [6, 6.07) is 7.97. The van der Waals surface area contributed by atoms with E-state index in [2.05, 4.69) is 21.4 Å². The third-order valence-electron chi connectivity index (χ3n) is 2.67. The molecule has 0 aliphatic rings. The van der Waals surface area contributed by atoms with E-state index in [4.69, 9.17) is 5.26 Å². The number of hydrogen-bond donors (Lipinski definition) is 1. The van der Waals surface area contributed by atoms with Crippen LogP contribution in [0.2, 0.25) is 0 Å². The van der Waals surface area contributed by atoms with E-state index in [1.54, 1.807) is 12.4 Å². The van der Waals surface area contributed by atoms with Crippen LogP contribution >= 0.6 is 0 Å². The SMILES string of the molecule is Cc1cc(C)c(C#N)c(NCc2ccncc2)n1. The van der Waals surface area contributed by atoms with Gasteiger partial charge in [0.15, 0.2) is 0 Å². The van der Waals surface area contributed by atoms with E-state index in [0.29, 0.717) is 17.9 Å². The Morgan fingerprint density at radius 1 is 1.28 bits per heavy atom. The lowest BCUT2D eigenvalue weighted by atomic mass is 10.1. The molecule has 0 amide bonds. The zero-order valence-corrected chi connectivity index (χ0v) is 10.4. The van der Waals surface area contributed by atoms with Gasteiger partial charge in [-0.3, -0.25) is 4.98 Å². The zero-order valence-electron chi connectivity index (χ0n) is 10.4. The maximum Gasteiger partial charge on any atom is 0.144 e. The number of aromatic nitrogens is 2. The number of hydrogen-bond acceptors (Lipinski definition) is 4. The zero-order chi connectivity index (χ0) is 13.0. The quantitative estimate of drug-likeness (QED) is 0.892. The number of nitriles is 1. The molecule has 0 saturated carbocycles. The average Bonchev–Trinajstić information content (AvgIpc) is 2.37. The van der Waals surface area contributed by atoms with Crippen molar-refractivity contribution in [1.82, 2.24) is 9.97 Å². The molecule has 0 bridgehead atoms. The Bertz CT molecular complexity index is 585. The van der Waals surface area contributed by atoms with Crippen molar-refractivity contribution in [2.24, 2.45) is 0 Å². The molecule has 0 aliphatic heterocycles. The van der Waals surface area contributed by atoms with Gasteiger partial charge in [-0.05, 0) is 43.2 Å². The number of nitrogens with zero attached hydrogens (tertiary/aromatic N) is 3. The summed E-state index contributed by atoms with van der Waals surface area (Å²) >= 11 is 0. The Hall–Kier alpha value is -2.41. The highest BCUT2D eigenvalue weighted by molar-refractivity contribution is 5.56. The Kier molecular flexibility index (Phi) is 3.54. The fourth-order valence-electron chi connectivity index (χ4n) is 1.79. The molecule has 18 heavy (non-hydrogen) atoms. The largest absolute Gasteiger partial charge is 0.365 e. The summed E-state index contributed by atoms with van der Waals surface area (Å²) in [5, 5.41) is 12.3. The van der Waals surface area contributed by atoms with Gasteiger partial charge in [-0.25, -0.2) is 4.98 Å². The maximum atomic E-state index is 9.15. The van der Waals surface area contributed by atoms with Gasteiger partial charge in [-0.1, -0.05) is 0 Å². The molecule has 0 spiro atoms. The van der Waals surface area contributed by atoms with E-state index in [9.17, 15) is 0 Å². The highest BCUT2D eigenvalue weighted by Gasteiger charge is 2.07. The average molecular weight is 238 g/mol. The number of aryl methyl sites for hydroxylation is 2. The van der Waals surface area contributed by atoms with Crippen molar-refractivity contribution < 1.29 is 0 Å². The van der Waals surface area contributed by atoms with E-state index >= 15 is 0 Å². The van der Waals surface area contributed by atoms with Crippen molar-refractivity contribution in [1.29, 1.82) is 5.26 Å². The minimum atomic E-state index is 0.606. The van der Waals surface area contributed by atoms with Gasteiger partial charge in [-0.15, -0.1) is 0 Å². The van der Waals surface area contributed by atoms with Crippen molar-refractivity contribution in [3.8, 4) is 6.07 Å². The molecule has 2 aromatic heterocycles. The summed E-state index contributed by atoms with van der Waals surface area (Å²) in [7, 11) is 0. The van der Waals surface area contributed by atoms with E-state index in [0.717, 1.165) is 16.8 Å². The van der Waals surface area contributed by atoms with Gasteiger partial charge in [0.2, 0.25) is 0 Å². The lowest BCUT2D eigenvalue weighted by Crippen LogP contribution is -2.05. The van der Waals surface area contributed by atoms with Gasteiger partial charge in [0.05, 0.1) is 5.56 Å². The van der Waals surface area contributed by atoms with Gasteiger partial charge < -0.3 is 5.32 Å². The molecule has 0 aliphatic carbocycles. The van der Waals surface area contributed by atoms with Crippen LogP contribution in [0.5, 0.6) is 0 Å². The van der Waals surface area contributed by atoms with Crippen molar-refractivity contribution in [2.75, 3.05) is 5.32 Å². The Balaban J connectivity index is 2.22. The Morgan fingerprint density at radius 3 is 2.67 bits per heavy atom. The van der Waals surface area contributed by atoms with Crippen LogP contribution in [-0.4, -0.2) is 9.97 Å². The second-order valence-corrected chi connectivity index (χ2v) is 4.12. The molecule has 0 saturated heterocycles. The molecule has 2 aromatic rings. The molecule has 0 unspecified atom stereocenters. The van der Waals surface area contributed by atoms with E-state index in [-0.39, 0.29) is 0 Å². The lowest BCUT2D eigenvalue weighted by molar-refractivity contribution is 1.07. The summed E-state index contributed by atoms with van der Waals surface area (Å²) in [5.74, 6) is 0.645. The summed E-state index contributed by atoms with van der Waals surface area (Å²) < 4.78 is 0. The third kappa shape index (κ3) is 2.64. The first-order valence-electron chi connectivity index (χ1n) is 5.72. The van der Waals surface area contributed by atoms with Crippen LogP contribution in [0.3, 0.4) is 0 Å². The predicted molar refractivity (Wildman–Crippen MR) is 70.0 cm³/mol. The second kappa shape index (κ2) is 5.28. The molecule has 2 rings (SSSR count). The molecule has 0 fully saturated rings. The first-order chi connectivity index (χ1) is 8.70. The fourth-order valence-corrected chi connectivity index (χ4v) is 1.79. The smallest absolute Gasteiger partial charge is 0.144 e. The van der Waals surface area contributed by atoms with Gasteiger partial charge >= 0.3 is 0 Å². The number of pyridine rings is 2. The molecule has 0 radical (unpaired) electrons. The standard InChI is InChI=1S/C14H14N4/c1-10-7-11(2)18-14(13(10)8-15)17-9-12-3-5-16-6-4-12/h3-7H,9H2,1-2H3,(H,17,18). The number of nitrogens with one attached hydrogen (secondary N) is 1. The van der Waals surface area contributed by atoms with E-state index in [1.165, 1.54) is 0 Å². The molecule has 0 atom stereocenters. The molecule has 4 nitrogen and oxygen atoms in total. The van der Waals surface area contributed by atoms with Crippen LogP contribution in [0.1, 0.15) is 22.4 Å². The van der Waals surface area contributed by atoms with Crippen molar-refractivity contribution in [3.05, 3.63) is 53.0 Å². The summed E-state index contributed by atoms with van der Waals surface area (Å²) in [6.07, 6.45) is 3.49. The molecule has 4 heteroatoms. The van der Waals surface area contributed by atoms with Crippen LogP contribution < -0.4 is 5.32 Å². The fraction of sp³-hybridized carbons (Fsp3) is 0.214. The van der Waals surface area contributed by atoms with Gasteiger partial charge in [0.25, 0.3) is 0 Å². The minimum absolute atomic E-state index is 0.606. The van der Waals surface area contributed by atoms with Crippen LogP contribution in [0, 0.1) is 25.2 Å². The van der Waals surface area contributed by atoms with Crippen molar-refractivity contribution in [3.63, 3.8) is 0 Å². The van der Waals surface area contributed by atoms with Crippen LogP contribution in [0.25, 0.3) is 0 Å². The van der Waals surface area contributed by atoms with Crippen molar-refractivity contribution >= 4 is 5.82 Å². The molecular formula is C14H14N4. The summed E-state index contributed by atoms with van der Waals surface area (Å²) in [4.78, 5) is 8.34. The van der Waals surface area contributed by atoms with Crippen LogP contribution in [0.4, 0.5) is 5.82 Å². The molecule has 2 heterocycles. The lowest BCUT2D eigenvalue weighted by Gasteiger charge is -2.10. The Morgan fingerprint density at radius 2 is 2.00 bits per heavy atom. The highest BCUT2D eigenvalue weighted by Crippen LogP contribution is 2.18. The Labute approximate surface area is 106 Å². The third-order valence-corrected chi connectivity index (χ3v) is 2.67. The normalized spacial score (nSPS) is 9.83. The van der Waals surface area contributed by atoms with Crippen LogP contribution in [0.15, 0.2) is 30.6 Å².